The second kappa shape index (κ2) is 11.5. The largest absolute Gasteiger partial charge is 0.478 e. The van der Waals surface area contributed by atoms with Crippen molar-refractivity contribution in [3.8, 4) is 11.7 Å². The highest BCUT2D eigenvalue weighted by Crippen LogP contribution is 2.24. The number of hydrogen-bond donors (Lipinski definition) is 1. The third-order valence-electron chi connectivity index (χ3n) is 6.38. The summed E-state index contributed by atoms with van der Waals surface area (Å²) in [7, 11) is 4.15. The summed E-state index contributed by atoms with van der Waals surface area (Å²) in [6.45, 7) is 6.79. The number of hydrogen-bond acceptors (Lipinski definition) is 7. The molecule has 0 aliphatic heterocycles. The number of pyridine rings is 1. The first-order valence-electron chi connectivity index (χ1n) is 13.2. The van der Waals surface area contributed by atoms with E-state index in [9.17, 15) is 4.79 Å². The van der Waals surface area contributed by atoms with E-state index in [1.54, 1.807) is 15.6 Å². The number of anilines is 2. The molecule has 4 aromatic heterocycles. The smallest absolute Gasteiger partial charge is 0.278 e. The number of nitrogens with zero attached hydrogens (tertiary/aromatic N) is 7. The molecule has 0 aliphatic rings. The molecule has 0 fully saturated rings. The van der Waals surface area contributed by atoms with Crippen LogP contribution in [0.25, 0.3) is 27.8 Å². The highest BCUT2D eigenvalue weighted by atomic mass is 16.5. The standard InChI is InChI=1S/C29H34N8O2/c1-5-7-14-36-28(38)23-20-30-29(33-27(23)37(36)25-9-8-10-26(32-25)39-18-6-2)31-22-11-12-24-21(19-22)13-15-35(24)17-16-34(3)4/h5,7-13,15,19-20H,6,14,16-18H2,1-4H3,(H,30,31,33)/b7-5-. The summed E-state index contributed by atoms with van der Waals surface area (Å²) in [6.07, 6.45) is 8.38. The zero-order valence-electron chi connectivity index (χ0n) is 22.8. The number of ether oxygens (including phenoxy) is 1. The van der Waals surface area contributed by atoms with Gasteiger partial charge in [0.25, 0.3) is 5.56 Å². The number of likely N-dealkylation sites (N-methyl/N-ethyl adjacent to an activating group) is 1. The van der Waals surface area contributed by atoms with Gasteiger partial charge in [-0.1, -0.05) is 25.1 Å². The van der Waals surface area contributed by atoms with Crippen molar-refractivity contribution < 1.29 is 4.74 Å². The minimum Gasteiger partial charge on any atom is -0.478 e. The van der Waals surface area contributed by atoms with Crippen molar-refractivity contribution in [2.24, 2.45) is 0 Å². The third kappa shape index (κ3) is 5.56. The van der Waals surface area contributed by atoms with E-state index in [0.29, 0.717) is 41.8 Å². The Morgan fingerprint density at radius 1 is 1.13 bits per heavy atom. The summed E-state index contributed by atoms with van der Waals surface area (Å²) >= 11 is 0. The van der Waals surface area contributed by atoms with Gasteiger partial charge in [-0.05, 0) is 57.8 Å². The van der Waals surface area contributed by atoms with E-state index >= 15 is 0 Å². The maximum atomic E-state index is 13.3. The average Bonchev–Trinajstić information content (AvgIpc) is 3.47. The van der Waals surface area contributed by atoms with Crippen LogP contribution in [0.3, 0.4) is 0 Å². The lowest BCUT2D eigenvalue weighted by Gasteiger charge is -2.12. The number of fused-ring (bicyclic) bond motifs is 2. The average molecular weight is 527 g/mol. The highest BCUT2D eigenvalue weighted by molar-refractivity contribution is 5.85. The van der Waals surface area contributed by atoms with E-state index in [4.69, 9.17) is 9.72 Å². The molecule has 0 saturated carbocycles. The molecule has 5 aromatic rings. The Bertz CT molecular complexity index is 1680. The summed E-state index contributed by atoms with van der Waals surface area (Å²) in [4.78, 5) is 29.4. The number of nitrogens with one attached hydrogen (secondary N) is 1. The van der Waals surface area contributed by atoms with Gasteiger partial charge in [0.2, 0.25) is 11.8 Å². The summed E-state index contributed by atoms with van der Waals surface area (Å²) < 4.78 is 11.3. The molecule has 0 spiro atoms. The van der Waals surface area contributed by atoms with Crippen molar-refractivity contribution in [2.45, 2.75) is 33.4 Å². The molecule has 0 amide bonds. The van der Waals surface area contributed by atoms with Gasteiger partial charge in [-0.15, -0.1) is 0 Å². The monoisotopic (exact) mass is 526 g/mol. The second-order valence-electron chi connectivity index (χ2n) is 9.59. The molecule has 1 aromatic carbocycles. The first-order chi connectivity index (χ1) is 19.0. The van der Waals surface area contributed by atoms with Gasteiger partial charge in [0, 0.05) is 48.1 Å². The van der Waals surface area contributed by atoms with Gasteiger partial charge >= 0.3 is 0 Å². The summed E-state index contributed by atoms with van der Waals surface area (Å²) in [5.74, 6) is 1.44. The Balaban J connectivity index is 1.52. The molecule has 0 saturated heterocycles. The molecule has 0 atom stereocenters. The first-order valence-corrected chi connectivity index (χ1v) is 13.2. The Kier molecular flexibility index (Phi) is 7.74. The molecule has 0 unspecified atom stereocenters. The fraction of sp³-hybridized carbons (Fsp3) is 0.310. The summed E-state index contributed by atoms with van der Waals surface area (Å²) in [5, 5.41) is 4.86. The van der Waals surface area contributed by atoms with Crippen molar-refractivity contribution in [1.29, 1.82) is 0 Å². The lowest BCUT2D eigenvalue weighted by atomic mass is 10.2. The van der Waals surface area contributed by atoms with E-state index in [0.717, 1.165) is 30.6 Å². The van der Waals surface area contributed by atoms with Crippen LogP contribution in [0, 0.1) is 0 Å². The van der Waals surface area contributed by atoms with Gasteiger partial charge < -0.3 is 19.5 Å². The van der Waals surface area contributed by atoms with E-state index in [2.05, 4.69) is 63.2 Å². The number of benzene rings is 1. The fourth-order valence-electron chi connectivity index (χ4n) is 4.41. The van der Waals surface area contributed by atoms with Gasteiger partial charge in [-0.3, -0.25) is 4.79 Å². The second-order valence-corrected chi connectivity index (χ2v) is 9.59. The van der Waals surface area contributed by atoms with E-state index in [1.165, 1.54) is 5.52 Å². The minimum absolute atomic E-state index is 0.184. The predicted octanol–water partition coefficient (Wildman–Crippen LogP) is 4.60. The Labute approximate surface area is 227 Å². The SMILES string of the molecule is C/C=C\Cn1c(=O)c2cnc(Nc3ccc4c(ccn4CCN(C)C)c3)nc2n1-c1cccc(OCCC)n1. The van der Waals surface area contributed by atoms with E-state index in [1.807, 2.05) is 50.3 Å². The molecule has 0 radical (unpaired) electrons. The molecule has 1 N–H and O–H groups in total. The summed E-state index contributed by atoms with van der Waals surface area (Å²) in [6, 6.07) is 13.8. The maximum Gasteiger partial charge on any atom is 0.278 e. The van der Waals surface area contributed by atoms with E-state index in [-0.39, 0.29) is 5.56 Å². The zero-order chi connectivity index (χ0) is 27.4. The highest BCUT2D eigenvalue weighted by Gasteiger charge is 2.18. The molecular weight excluding hydrogens is 492 g/mol. The van der Waals surface area contributed by atoms with Crippen molar-refractivity contribution >= 4 is 33.6 Å². The topological polar surface area (TPSA) is 95.0 Å². The van der Waals surface area contributed by atoms with E-state index < -0.39 is 0 Å². The fourth-order valence-corrected chi connectivity index (χ4v) is 4.41. The lowest BCUT2D eigenvalue weighted by Crippen LogP contribution is -2.22. The van der Waals surface area contributed by atoms with Gasteiger partial charge in [-0.2, -0.15) is 9.97 Å². The van der Waals surface area contributed by atoms with Gasteiger partial charge in [-0.25, -0.2) is 14.3 Å². The van der Waals surface area contributed by atoms with Crippen LogP contribution in [0.1, 0.15) is 20.3 Å². The molecule has 0 bridgehead atoms. The van der Waals surface area contributed by atoms with Crippen molar-refractivity contribution in [1.82, 2.24) is 33.8 Å². The molecule has 39 heavy (non-hydrogen) atoms. The molecule has 4 heterocycles. The summed E-state index contributed by atoms with van der Waals surface area (Å²) in [5.41, 5.74) is 2.32. The first kappa shape index (κ1) is 26.2. The van der Waals surface area contributed by atoms with Crippen molar-refractivity contribution in [2.75, 3.05) is 32.6 Å². The quantitative estimate of drug-likeness (QED) is 0.251. The van der Waals surface area contributed by atoms with Gasteiger partial charge in [0.05, 0.1) is 13.2 Å². The maximum absolute atomic E-state index is 13.3. The zero-order valence-corrected chi connectivity index (χ0v) is 22.8. The van der Waals surface area contributed by atoms with Gasteiger partial charge in [0.15, 0.2) is 11.5 Å². The molecule has 5 rings (SSSR count). The molecular formula is C29H34N8O2. The molecule has 10 heteroatoms. The number of rotatable bonds is 11. The van der Waals surface area contributed by atoms with Crippen LogP contribution < -0.4 is 15.6 Å². The normalized spacial score (nSPS) is 11.8. The lowest BCUT2D eigenvalue weighted by molar-refractivity contribution is 0.304. The van der Waals surface area contributed by atoms with Crippen molar-refractivity contribution in [3.63, 3.8) is 0 Å². The van der Waals surface area contributed by atoms with Crippen LogP contribution in [0.15, 0.2) is 71.8 Å². The Hall–Kier alpha value is -4.44. The van der Waals surface area contributed by atoms with Crippen LogP contribution in [0.5, 0.6) is 5.88 Å². The van der Waals surface area contributed by atoms with Crippen LogP contribution in [0.2, 0.25) is 0 Å². The number of aromatic nitrogens is 6. The number of allylic oxidation sites excluding steroid dienone is 2. The van der Waals surface area contributed by atoms with Crippen LogP contribution in [-0.4, -0.2) is 61.0 Å². The third-order valence-corrected chi connectivity index (χ3v) is 6.38. The predicted molar refractivity (Wildman–Crippen MR) is 155 cm³/mol. The van der Waals surface area contributed by atoms with Crippen LogP contribution in [-0.2, 0) is 13.1 Å². The van der Waals surface area contributed by atoms with Gasteiger partial charge in [0.1, 0.15) is 5.39 Å². The van der Waals surface area contributed by atoms with Crippen LogP contribution >= 0.6 is 0 Å². The minimum atomic E-state index is -0.184. The van der Waals surface area contributed by atoms with Crippen LogP contribution in [0.4, 0.5) is 11.6 Å². The molecule has 202 valence electrons. The van der Waals surface area contributed by atoms with Crippen molar-refractivity contribution in [3.05, 3.63) is 77.4 Å². The molecule has 10 nitrogen and oxygen atoms in total. The Morgan fingerprint density at radius 2 is 2.00 bits per heavy atom. The Morgan fingerprint density at radius 3 is 2.79 bits per heavy atom. The molecule has 0 aliphatic carbocycles.